The van der Waals surface area contributed by atoms with Gasteiger partial charge in [0.2, 0.25) is 0 Å². The summed E-state index contributed by atoms with van der Waals surface area (Å²) < 4.78 is 5.38. The van der Waals surface area contributed by atoms with Crippen LogP contribution in [0.3, 0.4) is 0 Å². The first-order valence-electron chi connectivity index (χ1n) is 5.20. The number of pyridine rings is 1. The number of halogens is 1. The summed E-state index contributed by atoms with van der Waals surface area (Å²) in [4.78, 5) is 4.55. The average Bonchev–Trinajstić information content (AvgIpc) is 2.31. The van der Waals surface area contributed by atoms with Crippen LogP contribution >= 0.6 is 11.6 Å². The molecule has 0 aliphatic carbocycles. The van der Waals surface area contributed by atoms with E-state index in [4.69, 9.17) is 22.1 Å². The molecule has 4 heteroatoms. The molecule has 0 unspecified atom stereocenters. The first-order valence-corrected chi connectivity index (χ1v) is 5.58. The Hall–Kier alpha value is -1.32. The molecule has 1 aliphatic heterocycles. The quantitative estimate of drug-likeness (QED) is 0.762. The molecule has 0 saturated carbocycles. The standard InChI is InChI=1S/C12H11ClN2O/c13-7-1-2-10-9(5-7)12(14)8-3-4-16-6-11(8)15-10/h1-2,5H,3-4,6H2,(H2,14,15). The van der Waals surface area contributed by atoms with Crippen molar-refractivity contribution in [2.75, 3.05) is 12.3 Å². The minimum atomic E-state index is 0.554. The maximum atomic E-state index is 6.15. The predicted octanol–water partition coefficient (Wildman–Crippen LogP) is 2.54. The van der Waals surface area contributed by atoms with Gasteiger partial charge in [-0.15, -0.1) is 0 Å². The van der Waals surface area contributed by atoms with Crippen LogP contribution in [0, 0.1) is 0 Å². The van der Waals surface area contributed by atoms with Crippen LogP contribution in [0.5, 0.6) is 0 Å². The van der Waals surface area contributed by atoms with Gasteiger partial charge in [0.05, 0.1) is 24.4 Å². The molecule has 0 atom stereocenters. The molecule has 0 bridgehead atoms. The lowest BCUT2D eigenvalue weighted by Crippen LogP contribution is -2.14. The van der Waals surface area contributed by atoms with E-state index in [-0.39, 0.29) is 0 Å². The predicted molar refractivity (Wildman–Crippen MR) is 64.5 cm³/mol. The van der Waals surface area contributed by atoms with Crippen LogP contribution < -0.4 is 5.73 Å². The lowest BCUT2D eigenvalue weighted by molar-refractivity contribution is 0.108. The van der Waals surface area contributed by atoms with Gasteiger partial charge >= 0.3 is 0 Å². The van der Waals surface area contributed by atoms with Gasteiger partial charge in [-0.1, -0.05) is 11.6 Å². The minimum Gasteiger partial charge on any atom is -0.398 e. The van der Waals surface area contributed by atoms with Gasteiger partial charge in [-0.05, 0) is 24.6 Å². The number of hydrogen-bond donors (Lipinski definition) is 1. The van der Waals surface area contributed by atoms with Crippen molar-refractivity contribution in [2.24, 2.45) is 0 Å². The fourth-order valence-corrected chi connectivity index (χ4v) is 2.27. The van der Waals surface area contributed by atoms with Gasteiger partial charge in [-0.3, -0.25) is 0 Å². The number of nitrogen functional groups attached to an aromatic ring is 1. The zero-order valence-electron chi connectivity index (χ0n) is 8.66. The Balaban J connectivity index is 2.35. The van der Waals surface area contributed by atoms with Gasteiger partial charge in [-0.25, -0.2) is 4.98 Å². The van der Waals surface area contributed by atoms with Crippen molar-refractivity contribution in [3.05, 3.63) is 34.5 Å². The molecule has 0 saturated heterocycles. The van der Waals surface area contributed by atoms with Crippen molar-refractivity contribution in [1.82, 2.24) is 4.98 Å². The highest BCUT2D eigenvalue weighted by atomic mass is 35.5. The van der Waals surface area contributed by atoms with Crippen molar-refractivity contribution in [2.45, 2.75) is 13.0 Å². The Morgan fingerprint density at radius 1 is 1.38 bits per heavy atom. The normalized spacial score (nSPS) is 15.1. The van der Waals surface area contributed by atoms with Crippen molar-refractivity contribution >= 4 is 28.2 Å². The van der Waals surface area contributed by atoms with Gasteiger partial charge in [0.15, 0.2) is 0 Å². The van der Waals surface area contributed by atoms with E-state index in [9.17, 15) is 0 Å². The number of hydrogen-bond acceptors (Lipinski definition) is 3. The number of ether oxygens (including phenoxy) is 1. The molecule has 16 heavy (non-hydrogen) atoms. The fourth-order valence-electron chi connectivity index (χ4n) is 2.09. The van der Waals surface area contributed by atoms with Crippen LogP contribution in [0.2, 0.25) is 5.02 Å². The highest BCUT2D eigenvalue weighted by molar-refractivity contribution is 6.31. The second kappa shape index (κ2) is 3.61. The van der Waals surface area contributed by atoms with E-state index in [0.29, 0.717) is 18.2 Å². The summed E-state index contributed by atoms with van der Waals surface area (Å²) in [6, 6.07) is 5.59. The maximum Gasteiger partial charge on any atom is 0.0891 e. The van der Waals surface area contributed by atoms with Gasteiger partial charge < -0.3 is 10.5 Å². The molecular weight excluding hydrogens is 224 g/mol. The second-order valence-electron chi connectivity index (χ2n) is 3.91. The Morgan fingerprint density at radius 2 is 2.25 bits per heavy atom. The van der Waals surface area contributed by atoms with E-state index >= 15 is 0 Å². The van der Waals surface area contributed by atoms with Gasteiger partial charge in [0, 0.05) is 21.7 Å². The van der Waals surface area contributed by atoms with Crippen LogP contribution in [0.25, 0.3) is 10.9 Å². The Kier molecular flexibility index (Phi) is 2.23. The SMILES string of the molecule is Nc1c2c(nc3ccc(Cl)cc13)COCC2. The number of rotatable bonds is 0. The first kappa shape index (κ1) is 9.87. The fraction of sp³-hybridized carbons (Fsp3) is 0.250. The van der Waals surface area contributed by atoms with E-state index in [2.05, 4.69) is 4.98 Å². The van der Waals surface area contributed by atoms with Gasteiger partial charge in [-0.2, -0.15) is 0 Å². The van der Waals surface area contributed by atoms with Crippen molar-refractivity contribution in [3.8, 4) is 0 Å². The molecule has 1 aromatic heterocycles. The number of fused-ring (bicyclic) bond motifs is 2. The molecule has 3 rings (SSSR count). The number of anilines is 1. The zero-order chi connectivity index (χ0) is 11.1. The lowest BCUT2D eigenvalue weighted by Gasteiger charge is -2.18. The van der Waals surface area contributed by atoms with Crippen molar-refractivity contribution in [3.63, 3.8) is 0 Å². The minimum absolute atomic E-state index is 0.554. The van der Waals surface area contributed by atoms with E-state index in [1.165, 1.54) is 0 Å². The molecule has 2 aromatic rings. The Labute approximate surface area is 98.2 Å². The molecule has 2 heterocycles. The molecule has 0 spiro atoms. The molecule has 0 amide bonds. The van der Waals surface area contributed by atoms with Gasteiger partial charge in [0.25, 0.3) is 0 Å². The van der Waals surface area contributed by atoms with E-state index in [0.717, 1.165) is 34.3 Å². The summed E-state index contributed by atoms with van der Waals surface area (Å²) >= 11 is 5.97. The summed E-state index contributed by atoms with van der Waals surface area (Å²) in [5, 5.41) is 1.63. The molecule has 2 N–H and O–H groups in total. The summed E-state index contributed by atoms with van der Waals surface area (Å²) in [5.41, 5.74) is 9.90. The Morgan fingerprint density at radius 3 is 3.12 bits per heavy atom. The zero-order valence-corrected chi connectivity index (χ0v) is 9.42. The smallest absolute Gasteiger partial charge is 0.0891 e. The highest BCUT2D eigenvalue weighted by Gasteiger charge is 2.16. The van der Waals surface area contributed by atoms with Crippen LogP contribution in [0.15, 0.2) is 18.2 Å². The summed E-state index contributed by atoms with van der Waals surface area (Å²) in [6.45, 7) is 1.27. The van der Waals surface area contributed by atoms with Crippen LogP contribution in [0.1, 0.15) is 11.3 Å². The first-order chi connectivity index (χ1) is 7.75. The summed E-state index contributed by atoms with van der Waals surface area (Å²) in [7, 11) is 0. The maximum absolute atomic E-state index is 6.15. The van der Waals surface area contributed by atoms with Crippen molar-refractivity contribution in [1.29, 1.82) is 0 Å². The number of nitrogens with zero attached hydrogens (tertiary/aromatic N) is 1. The lowest BCUT2D eigenvalue weighted by atomic mass is 10.0. The second-order valence-corrected chi connectivity index (χ2v) is 4.35. The van der Waals surface area contributed by atoms with E-state index in [1.54, 1.807) is 0 Å². The highest BCUT2D eigenvalue weighted by Crippen LogP contribution is 2.30. The number of nitrogens with two attached hydrogens (primary N) is 1. The number of benzene rings is 1. The molecule has 3 nitrogen and oxygen atoms in total. The molecule has 0 radical (unpaired) electrons. The van der Waals surface area contributed by atoms with Crippen molar-refractivity contribution < 1.29 is 4.74 Å². The average molecular weight is 235 g/mol. The monoisotopic (exact) mass is 234 g/mol. The molecule has 1 aliphatic rings. The Bertz CT molecular complexity index is 568. The van der Waals surface area contributed by atoms with E-state index in [1.807, 2.05) is 18.2 Å². The van der Waals surface area contributed by atoms with Crippen LogP contribution in [0.4, 0.5) is 5.69 Å². The number of aromatic nitrogens is 1. The molecule has 0 fully saturated rings. The van der Waals surface area contributed by atoms with Gasteiger partial charge in [0.1, 0.15) is 0 Å². The molecular formula is C12H11ClN2O. The molecule has 82 valence electrons. The largest absolute Gasteiger partial charge is 0.398 e. The third-order valence-electron chi connectivity index (χ3n) is 2.91. The summed E-state index contributed by atoms with van der Waals surface area (Å²) in [5.74, 6) is 0. The third-order valence-corrected chi connectivity index (χ3v) is 3.15. The topological polar surface area (TPSA) is 48.1 Å². The molecule has 1 aromatic carbocycles. The van der Waals surface area contributed by atoms with E-state index < -0.39 is 0 Å². The summed E-state index contributed by atoms with van der Waals surface area (Å²) in [6.07, 6.45) is 0.830. The van der Waals surface area contributed by atoms with Crippen LogP contribution in [-0.4, -0.2) is 11.6 Å². The third kappa shape index (κ3) is 1.44. The van der Waals surface area contributed by atoms with Crippen LogP contribution in [-0.2, 0) is 17.8 Å².